The number of hydrogen-bond acceptors (Lipinski definition) is 9. The smallest absolute Gasteiger partial charge is 0.412 e. The van der Waals surface area contributed by atoms with E-state index in [0.29, 0.717) is 16.9 Å². The number of carbonyl (C=O) groups is 3. The molecule has 0 radical (unpaired) electrons. The van der Waals surface area contributed by atoms with Crippen molar-refractivity contribution in [3.8, 4) is 0 Å². The monoisotopic (exact) mass is 550 g/mol. The highest BCUT2D eigenvalue weighted by Crippen LogP contribution is 2.30. The number of nitrogens with one attached hydrogen (secondary N) is 2. The first kappa shape index (κ1) is 28.6. The highest BCUT2D eigenvalue weighted by Gasteiger charge is 2.52. The predicted molar refractivity (Wildman–Crippen MR) is 143 cm³/mol. The van der Waals surface area contributed by atoms with Gasteiger partial charge in [0.15, 0.2) is 24.6 Å². The number of hydrogen-bond donors (Lipinski definition) is 3. The first-order valence-electron chi connectivity index (χ1n) is 12.5. The Balaban J connectivity index is 1.58. The number of aliphatic hydroxyl groups excluding tert-OH is 1. The summed E-state index contributed by atoms with van der Waals surface area (Å²) in [5.74, 6) is -0.658. The molecule has 3 aromatic rings. The lowest BCUT2D eigenvalue weighted by atomic mass is 9.98. The summed E-state index contributed by atoms with van der Waals surface area (Å²) < 4.78 is 28.1. The minimum absolute atomic E-state index is 0.0832. The molecule has 1 heterocycles. The quantitative estimate of drug-likeness (QED) is 0.268. The van der Waals surface area contributed by atoms with E-state index in [-0.39, 0.29) is 6.42 Å². The maximum atomic E-state index is 12.9. The molecule has 0 aliphatic carbocycles. The fourth-order valence-electron chi connectivity index (χ4n) is 4.16. The lowest BCUT2D eigenvalue weighted by Crippen LogP contribution is -2.63. The third kappa shape index (κ3) is 7.79. The molecule has 3 N–H and O–H groups in total. The zero-order valence-corrected chi connectivity index (χ0v) is 21.7. The average Bonchev–Trinajstić information content (AvgIpc) is 2.96. The Bertz CT molecular complexity index is 1170. The minimum Gasteiger partial charge on any atom is -0.453 e. The average molecular weight is 551 g/mol. The molecule has 1 aliphatic rings. The molecule has 0 aromatic heterocycles. The largest absolute Gasteiger partial charge is 0.453 e. The summed E-state index contributed by atoms with van der Waals surface area (Å²) in [5, 5.41) is 15.2. The van der Waals surface area contributed by atoms with Crippen LogP contribution in [-0.2, 0) is 34.9 Å². The number of amides is 2. The number of carbonyl (C=O) groups excluding carboxylic acids is 3. The highest BCUT2D eigenvalue weighted by atomic mass is 16.7. The molecule has 210 valence electrons. The van der Waals surface area contributed by atoms with Crippen molar-refractivity contribution in [2.75, 3.05) is 24.4 Å². The number of anilines is 2. The number of benzene rings is 3. The Labute approximate surface area is 231 Å². The number of esters is 1. The van der Waals surface area contributed by atoms with Crippen molar-refractivity contribution in [2.24, 2.45) is 0 Å². The maximum Gasteiger partial charge on any atom is 0.412 e. The first-order valence-corrected chi connectivity index (χ1v) is 12.5. The summed E-state index contributed by atoms with van der Waals surface area (Å²) >= 11 is 0. The van der Waals surface area contributed by atoms with Crippen molar-refractivity contribution >= 4 is 29.5 Å². The van der Waals surface area contributed by atoms with Crippen molar-refractivity contribution < 1.29 is 43.2 Å². The molecule has 11 nitrogen and oxygen atoms in total. The van der Waals surface area contributed by atoms with Crippen LogP contribution < -0.4 is 10.6 Å². The number of para-hydroxylation sites is 2. The zero-order chi connectivity index (χ0) is 28.3. The Hall–Kier alpha value is -4.45. The molecular formula is C29H30N2O9. The van der Waals surface area contributed by atoms with Crippen LogP contribution in [0.2, 0.25) is 0 Å². The molecule has 3 aromatic carbocycles. The van der Waals surface area contributed by atoms with E-state index < -0.39 is 55.5 Å². The van der Waals surface area contributed by atoms with Gasteiger partial charge in [0, 0.05) is 18.5 Å². The molecule has 0 saturated carbocycles. The van der Waals surface area contributed by atoms with Gasteiger partial charge in [-0.05, 0) is 29.8 Å². The van der Waals surface area contributed by atoms with E-state index in [1.807, 2.05) is 6.07 Å². The van der Waals surface area contributed by atoms with Gasteiger partial charge in [0.25, 0.3) is 0 Å². The van der Waals surface area contributed by atoms with E-state index in [1.165, 1.54) is 7.11 Å². The number of aliphatic hydroxyl groups is 1. The molecule has 1 saturated heterocycles. The summed E-state index contributed by atoms with van der Waals surface area (Å²) in [6.07, 6.45) is -8.46. The van der Waals surface area contributed by atoms with Gasteiger partial charge in [0.05, 0.1) is 13.0 Å². The summed E-state index contributed by atoms with van der Waals surface area (Å²) in [6.45, 7) is -0.617. The number of ether oxygens (including phenoxy) is 5. The molecule has 1 aliphatic heterocycles. The van der Waals surface area contributed by atoms with Gasteiger partial charge in [-0.1, -0.05) is 66.7 Å². The maximum absolute atomic E-state index is 12.9. The van der Waals surface area contributed by atoms with Crippen LogP contribution in [0.25, 0.3) is 0 Å². The Morgan fingerprint density at radius 1 is 0.725 bits per heavy atom. The van der Waals surface area contributed by atoms with Crippen LogP contribution in [0, 0.1) is 0 Å². The second-order valence-electron chi connectivity index (χ2n) is 8.80. The van der Waals surface area contributed by atoms with Crippen LogP contribution in [0.5, 0.6) is 0 Å². The van der Waals surface area contributed by atoms with Gasteiger partial charge in [0.1, 0.15) is 6.10 Å². The summed E-state index contributed by atoms with van der Waals surface area (Å²) in [6, 6.07) is 26.0. The fraction of sp³-hybridized carbons (Fsp3) is 0.276. The lowest BCUT2D eigenvalue weighted by Gasteiger charge is -2.43. The van der Waals surface area contributed by atoms with Crippen molar-refractivity contribution in [2.45, 2.75) is 37.1 Å². The Morgan fingerprint density at radius 2 is 1.23 bits per heavy atom. The highest BCUT2D eigenvalue weighted by molar-refractivity contribution is 5.85. The number of methoxy groups -OCH3 is 1. The van der Waals surface area contributed by atoms with Crippen molar-refractivity contribution in [1.29, 1.82) is 0 Å². The van der Waals surface area contributed by atoms with E-state index >= 15 is 0 Å². The summed E-state index contributed by atoms with van der Waals surface area (Å²) in [4.78, 5) is 38.7. The molecule has 1 fully saturated rings. The molecule has 0 bridgehead atoms. The van der Waals surface area contributed by atoms with Crippen molar-refractivity contribution in [1.82, 2.24) is 0 Å². The van der Waals surface area contributed by atoms with E-state index in [4.69, 9.17) is 23.7 Å². The standard InChI is InChI=1S/C29H30N2O9/c1-36-27-26(38-23(33)17-19-11-5-2-6-12-19)25(40-29(35)31-21-15-9-4-10-16-21)24(22(18-32)37-27)39-28(34)30-20-13-7-3-8-14-20/h2-16,22,24-27,32H,17-18H2,1H3,(H,30,34)(H,31,35)/t22-,24-,25+,26+,27+/m1/s1. The van der Waals surface area contributed by atoms with Gasteiger partial charge in [-0.2, -0.15) is 0 Å². The summed E-state index contributed by atoms with van der Waals surface area (Å²) in [5.41, 5.74) is 1.59. The third-order valence-corrected chi connectivity index (χ3v) is 5.99. The molecule has 0 spiro atoms. The van der Waals surface area contributed by atoms with Crippen LogP contribution in [0.4, 0.5) is 21.0 Å². The fourth-order valence-corrected chi connectivity index (χ4v) is 4.16. The van der Waals surface area contributed by atoms with E-state index in [2.05, 4.69) is 10.6 Å². The summed E-state index contributed by atoms with van der Waals surface area (Å²) in [7, 11) is 1.31. The first-order chi connectivity index (χ1) is 19.5. The van der Waals surface area contributed by atoms with Gasteiger partial charge in [-0.15, -0.1) is 0 Å². The molecule has 2 amide bonds. The van der Waals surface area contributed by atoms with Gasteiger partial charge in [-0.25, -0.2) is 9.59 Å². The Kier molecular flexibility index (Phi) is 10.1. The van der Waals surface area contributed by atoms with Gasteiger partial charge in [-0.3, -0.25) is 15.4 Å². The molecular weight excluding hydrogens is 520 g/mol. The topological polar surface area (TPSA) is 142 Å². The van der Waals surface area contributed by atoms with Crippen LogP contribution in [0.3, 0.4) is 0 Å². The predicted octanol–water partition coefficient (Wildman–Crippen LogP) is 3.74. The van der Waals surface area contributed by atoms with Crippen LogP contribution in [0.15, 0.2) is 91.0 Å². The SMILES string of the molecule is CO[C@H]1O[C@H](CO)[C@@H](OC(=O)Nc2ccccc2)[C@H](OC(=O)Nc2ccccc2)[C@@H]1OC(=O)Cc1ccccc1. The van der Waals surface area contributed by atoms with Gasteiger partial charge >= 0.3 is 18.2 Å². The molecule has 4 rings (SSSR count). The molecule has 40 heavy (non-hydrogen) atoms. The van der Waals surface area contributed by atoms with Crippen molar-refractivity contribution in [3.63, 3.8) is 0 Å². The molecule has 0 unspecified atom stereocenters. The van der Waals surface area contributed by atoms with Crippen LogP contribution >= 0.6 is 0 Å². The van der Waals surface area contributed by atoms with Crippen LogP contribution in [0.1, 0.15) is 5.56 Å². The minimum atomic E-state index is -1.42. The molecule has 5 atom stereocenters. The van der Waals surface area contributed by atoms with Gasteiger partial charge < -0.3 is 28.8 Å². The second kappa shape index (κ2) is 14.1. The normalized spacial score (nSPS) is 22.0. The second-order valence-corrected chi connectivity index (χ2v) is 8.80. The van der Waals surface area contributed by atoms with Gasteiger partial charge in [0.2, 0.25) is 0 Å². The van der Waals surface area contributed by atoms with E-state index in [0.717, 1.165) is 0 Å². The van der Waals surface area contributed by atoms with E-state index in [1.54, 1.807) is 84.9 Å². The number of rotatable bonds is 9. The van der Waals surface area contributed by atoms with E-state index in [9.17, 15) is 19.5 Å². The third-order valence-electron chi connectivity index (χ3n) is 5.99. The van der Waals surface area contributed by atoms with Crippen molar-refractivity contribution in [3.05, 3.63) is 96.6 Å². The zero-order valence-electron chi connectivity index (χ0n) is 21.7. The molecule has 11 heteroatoms. The Morgan fingerprint density at radius 3 is 1.73 bits per heavy atom. The lowest BCUT2D eigenvalue weighted by molar-refractivity contribution is -0.295. The van der Waals surface area contributed by atoms with Crippen LogP contribution in [-0.4, -0.2) is 67.7 Å².